The van der Waals surface area contributed by atoms with Crippen molar-refractivity contribution in [2.24, 2.45) is 16.8 Å². The first-order valence-electron chi connectivity index (χ1n) is 7.89. The molecule has 122 valence electrons. The maximum atomic E-state index is 8.25. The van der Waals surface area contributed by atoms with Gasteiger partial charge in [0, 0.05) is 7.05 Å². The summed E-state index contributed by atoms with van der Waals surface area (Å²) in [5.74, 6) is 2.02. The van der Waals surface area contributed by atoms with E-state index in [0.29, 0.717) is 0 Å². The Hall–Kier alpha value is 0.806. The second-order valence-electron chi connectivity index (χ2n) is 4.88. The van der Waals surface area contributed by atoms with Gasteiger partial charge in [0.2, 0.25) is 0 Å². The summed E-state index contributed by atoms with van der Waals surface area (Å²) in [4.78, 5) is 3.62. The predicted molar refractivity (Wildman–Crippen MR) is 91.1 cm³/mol. The first-order valence-corrected chi connectivity index (χ1v) is 7.89. The first kappa shape index (κ1) is 29.8. The third kappa shape index (κ3) is 29.5. The van der Waals surface area contributed by atoms with Gasteiger partial charge in [-0.25, -0.2) is 0 Å². The number of nitrogens with zero attached hydrogens (tertiary/aromatic N) is 1. The molecule has 0 bridgehead atoms. The minimum absolute atomic E-state index is 0. The monoisotopic (exact) mass is 324 g/mol. The van der Waals surface area contributed by atoms with E-state index in [2.05, 4.69) is 30.7 Å². The molecular formula is C17H37KN2O. The van der Waals surface area contributed by atoms with Gasteiger partial charge in [0.15, 0.2) is 0 Å². The zero-order valence-corrected chi connectivity index (χ0v) is 18.7. The molecule has 0 aromatic rings. The number of nitrogens with one attached hydrogen (secondary N) is 1. The van der Waals surface area contributed by atoms with Crippen molar-refractivity contribution in [1.29, 1.82) is 0 Å². The first-order chi connectivity index (χ1) is 9.70. The van der Waals surface area contributed by atoms with Crippen LogP contribution in [0.25, 0.3) is 0 Å². The Morgan fingerprint density at radius 1 is 1.24 bits per heavy atom. The summed E-state index contributed by atoms with van der Waals surface area (Å²) in [5, 5.41) is 10.9. The standard InChI is InChI=1S/C10H20.C4H8N2.C2H6.CH3O.K/c1-9(2)7-8-10-5-3-4-6-10;1-3-6-4-5-2;2*1-2;/h9-10H,3-8H2,1-2H3;3-4H,1H2,2H3,(H,5,6);1-2H3;1H3;/q;;;-1;+1. The van der Waals surface area contributed by atoms with Gasteiger partial charge in [-0.2, -0.15) is 7.11 Å². The van der Waals surface area contributed by atoms with Crippen LogP contribution >= 0.6 is 0 Å². The molecule has 0 radical (unpaired) electrons. The minimum Gasteiger partial charge on any atom is -0.857 e. The molecule has 3 nitrogen and oxygen atoms in total. The van der Waals surface area contributed by atoms with E-state index in [0.717, 1.165) is 18.9 Å². The van der Waals surface area contributed by atoms with Gasteiger partial charge in [0.1, 0.15) is 0 Å². The maximum Gasteiger partial charge on any atom is 1.00 e. The van der Waals surface area contributed by atoms with Gasteiger partial charge in [-0.1, -0.05) is 72.8 Å². The summed E-state index contributed by atoms with van der Waals surface area (Å²) in [7, 11) is 2.44. The molecule has 0 amide bonds. The smallest absolute Gasteiger partial charge is 0.857 e. The second-order valence-corrected chi connectivity index (χ2v) is 4.88. The van der Waals surface area contributed by atoms with Gasteiger partial charge in [0.05, 0.1) is 6.34 Å². The van der Waals surface area contributed by atoms with Crippen molar-refractivity contribution in [1.82, 2.24) is 5.32 Å². The third-order valence-corrected chi connectivity index (χ3v) is 2.95. The molecular weight excluding hydrogens is 287 g/mol. The second kappa shape index (κ2) is 28.9. The van der Waals surface area contributed by atoms with Crippen LogP contribution in [0.2, 0.25) is 0 Å². The number of rotatable bonds is 5. The Morgan fingerprint density at radius 3 is 2.00 bits per heavy atom. The maximum absolute atomic E-state index is 8.25. The van der Waals surface area contributed by atoms with Crippen molar-refractivity contribution >= 4 is 6.34 Å². The SMILES string of the molecule is C=CNC=NC.CC.CC(C)CCC1CCCC1.C[O-].[K+]. The van der Waals surface area contributed by atoms with Crippen LogP contribution in [0.4, 0.5) is 0 Å². The normalized spacial score (nSPS) is 13.0. The molecule has 1 N–H and O–H groups in total. The van der Waals surface area contributed by atoms with Gasteiger partial charge in [-0.15, -0.1) is 0 Å². The van der Waals surface area contributed by atoms with Crippen molar-refractivity contribution in [3.05, 3.63) is 12.8 Å². The molecule has 0 aromatic carbocycles. The van der Waals surface area contributed by atoms with Gasteiger partial charge in [-0.3, -0.25) is 4.99 Å². The molecule has 0 unspecified atom stereocenters. The Labute approximate surface area is 176 Å². The Kier molecular flexibility index (Phi) is 41.0. The summed E-state index contributed by atoms with van der Waals surface area (Å²) < 4.78 is 0. The molecule has 0 heterocycles. The van der Waals surface area contributed by atoms with Crippen molar-refractivity contribution in [3.63, 3.8) is 0 Å². The van der Waals surface area contributed by atoms with E-state index in [-0.39, 0.29) is 51.4 Å². The van der Waals surface area contributed by atoms with Crippen LogP contribution in [0.1, 0.15) is 66.2 Å². The summed E-state index contributed by atoms with van der Waals surface area (Å²) in [6.07, 6.45) is 12.1. The Balaban J connectivity index is -0.000000115. The van der Waals surface area contributed by atoms with Crippen LogP contribution in [-0.2, 0) is 0 Å². The predicted octanol–water partition coefficient (Wildman–Crippen LogP) is 0.997. The molecule has 0 atom stereocenters. The van der Waals surface area contributed by atoms with E-state index >= 15 is 0 Å². The molecule has 1 saturated carbocycles. The van der Waals surface area contributed by atoms with E-state index in [1.54, 1.807) is 19.6 Å². The average molecular weight is 325 g/mol. The summed E-state index contributed by atoms with van der Waals surface area (Å²) in [6, 6.07) is 0. The minimum atomic E-state index is 0. The molecule has 0 aliphatic heterocycles. The molecule has 21 heavy (non-hydrogen) atoms. The van der Waals surface area contributed by atoms with E-state index < -0.39 is 0 Å². The van der Waals surface area contributed by atoms with E-state index in [9.17, 15) is 0 Å². The van der Waals surface area contributed by atoms with E-state index in [4.69, 9.17) is 5.11 Å². The largest absolute Gasteiger partial charge is 1.00 e. The fraction of sp³-hybridized carbons (Fsp3) is 0.824. The van der Waals surface area contributed by atoms with Gasteiger partial charge >= 0.3 is 51.4 Å². The van der Waals surface area contributed by atoms with Crippen LogP contribution < -0.4 is 61.8 Å². The van der Waals surface area contributed by atoms with Crippen molar-refractivity contribution in [2.45, 2.75) is 66.2 Å². The number of hydrogen-bond acceptors (Lipinski definition) is 2. The molecule has 1 rings (SSSR count). The van der Waals surface area contributed by atoms with Crippen molar-refractivity contribution < 1.29 is 56.5 Å². The van der Waals surface area contributed by atoms with Gasteiger partial charge in [0.25, 0.3) is 0 Å². The van der Waals surface area contributed by atoms with Crippen molar-refractivity contribution in [2.75, 3.05) is 14.2 Å². The van der Waals surface area contributed by atoms with Crippen molar-refractivity contribution in [3.8, 4) is 0 Å². The Bertz CT molecular complexity index is 191. The van der Waals surface area contributed by atoms with Crippen LogP contribution in [0.15, 0.2) is 17.8 Å². The molecule has 0 saturated heterocycles. The molecule has 1 fully saturated rings. The van der Waals surface area contributed by atoms with Gasteiger partial charge < -0.3 is 10.4 Å². The average Bonchev–Trinajstić information content (AvgIpc) is 3.01. The quantitative estimate of drug-likeness (QED) is 0.466. The summed E-state index contributed by atoms with van der Waals surface area (Å²) in [5.41, 5.74) is 0. The number of hydrogen-bond donors (Lipinski definition) is 1. The van der Waals surface area contributed by atoms with Crippen LogP contribution in [0.5, 0.6) is 0 Å². The molecule has 4 heteroatoms. The fourth-order valence-corrected chi connectivity index (χ4v) is 2.00. The summed E-state index contributed by atoms with van der Waals surface area (Å²) >= 11 is 0. The third-order valence-electron chi connectivity index (χ3n) is 2.95. The zero-order valence-electron chi connectivity index (χ0n) is 15.6. The fourth-order valence-electron chi connectivity index (χ4n) is 2.00. The van der Waals surface area contributed by atoms with Gasteiger partial charge in [-0.05, 0) is 18.0 Å². The van der Waals surface area contributed by atoms with Crippen LogP contribution in [-0.4, -0.2) is 20.5 Å². The van der Waals surface area contributed by atoms with Crippen LogP contribution in [0, 0.1) is 11.8 Å². The zero-order chi connectivity index (χ0) is 16.2. The molecule has 0 spiro atoms. The molecule has 1 aliphatic rings. The topological polar surface area (TPSA) is 47.5 Å². The Morgan fingerprint density at radius 2 is 1.71 bits per heavy atom. The molecule has 1 aliphatic carbocycles. The van der Waals surface area contributed by atoms with E-state index in [1.807, 2.05) is 13.8 Å². The van der Waals surface area contributed by atoms with E-state index in [1.165, 1.54) is 38.5 Å². The van der Waals surface area contributed by atoms with Crippen LogP contribution in [0.3, 0.4) is 0 Å². The number of aliphatic imine (C=N–C) groups is 1. The molecule has 0 aromatic heterocycles. The summed E-state index contributed by atoms with van der Waals surface area (Å²) in [6.45, 7) is 12.1.